The van der Waals surface area contributed by atoms with E-state index in [1.165, 1.54) is 0 Å². The number of hydrogen-bond donors (Lipinski definition) is 0. The lowest BCUT2D eigenvalue weighted by molar-refractivity contribution is -0.112. The highest BCUT2D eigenvalue weighted by Crippen LogP contribution is 2.22. The Bertz CT molecular complexity index is 823. The first-order valence-corrected chi connectivity index (χ1v) is 7.45. The molecule has 3 aliphatic rings. The minimum atomic E-state index is -0.127. The summed E-state index contributed by atoms with van der Waals surface area (Å²) >= 11 is 0. The molecule has 4 rings (SSSR count). The number of ketones is 1. The Kier molecular flexibility index (Phi) is 2.88. The lowest BCUT2D eigenvalue weighted by Crippen LogP contribution is -2.28. The maximum atomic E-state index is 12.4. The summed E-state index contributed by atoms with van der Waals surface area (Å²) in [5.74, 6) is 0.484. The van der Waals surface area contributed by atoms with Crippen LogP contribution in [-0.4, -0.2) is 39.7 Å². The van der Waals surface area contributed by atoms with E-state index in [0.717, 1.165) is 18.7 Å². The van der Waals surface area contributed by atoms with E-state index in [-0.39, 0.29) is 23.5 Å². The van der Waals surface area contributed by atoms with Crippen molar-refractivity contribution in [3.8, 4) is 0 Å². The third-order valence-corrected chi connectivity index (χ3v) is 4.25. The van der Waals surface area contributed by atoms with Gasteiger partial charge in [-0.1, -0.05) is 0 Å². The molecule has 0 bridgehead atoms. The standard InChI is InChI=1S/C15H16N4O3/c1-9-14(15(21)19-5-2-4-18(9)19)17-10-8-13-11(7-12(10)20)16-3-6-22-13/h8H,2-7H2,1H3. The Hall–Kier alpha value is -2.44. The monoisotopic (exact) mass is 300 g/mol. The SMILES string of the molecule is Cc1c(N=C2C=C3OCCN=C3CC2=O)c(=O)n2n1CCC2. The largest absolute Gasteiger partial charge is 0.490 e. The summed E-state index contributed by atoms with van der Waals surface area (Å²) in [5.41, 5.74) is 2.00. The molecule has 114 valence electrons. The summed E-state index contributed by atoms with van der Waals surface area (Å²) < 4.78 is 9.16. The second-order valence-electron chi connectivity index (χ2n) is 5.62. The molecule has 7 nitrogen and oxygen atoms in total. The van der Waals surface area contributed by atoms with E-state index in [4.69, 9.17) is 4.74 Å². The smallest absolute Gasteiger partial charge is 0.292 e. The molecular formula is C15H16N4O3. The molecule has 0 amide bonds. The van der Waals surface area contributed by atoms with E-state index in [9.17, 15) is 9.59 Å². The van der Waals surface area contributed by atoms with Crippen molar-refractivity contribution in [3.05, 3.63) is 27.9 Å². The Morgan fingerprint density at radius 3 is 2.91 bits per heavy atom. The van der Waals surface area contributed by atoms with Gasteiger partial charge in [0, 0.05) is 19.2 Å². The number of carbonyl (C=O) groups is 1. The summed E-state index contributed by atoms with van der Waals surface area (Å²) in [6.45, 7) is 4.49. The summed E-state index contributed by atoms with van der Waals surface area (Å²) in [4.78, 5) is 33.3. The number of hydrogen-bond acceptors (Lipinski definition) is 5. The Morgan fingerprint density at radius 1 is 1.27 bits per heavy atom. The summed E-state index contributed by atoms with van der Waals surface area (Å²) in [6.07, 6.45) is 2.76. The molecule has 0 aromatic carbocycles. The van der Waals surface area contributed by atoms with Crippen molar-refractivity contribution < 1.29 is 9.53 Å². The summed E-state index contributed by atoms with van der Waals surface area (Å²) in [5, 5.41) is 0. The summed E-state index contributed by atoms with van der Waals surface area (Å²) in [6, 6.07) is 0. The van der Waals surface area contributed by atoms with Crippen LogP contribution in [0.2, 0.25) is 0 Å². The van der Waals surface area contributed by atoms with Crippen molar-refractivity contribution in [3.63, 3.8) is 0 Å². The van der Waals surface area contributed by atoms with Crippen LogP contribution in [0, 0.1) is 6.92 Å². The van der Waals surface area contributed by atoms with Crippen LogP contribution in [0.1, 0.15) is 18.5 Å². The van der Waals surface area contributed by atoms with Crippen LogP contribution >= 0.6 is 0 Å². The van der Waals surface area contributed by atoms with E-state index in [0.29, 0.717) is 36.9 Å². The third kappa shape index (κ3) is 1.88. The topological polar surface area (TPSA) is 78.0 Å². The van der Waals surface area contributed by atoms with E-state index in [1.54, 1.807) is 10.8 Å². The van der Waals surface area contributed by atoms with Gasteiger partial charge in [-0.15, -0.1) is 0 Å². The molecular weight excluding hydrogens is 284 g/mol. The maximum absolute atomic E-state index is 12.4. The maximum Gasteiger partial charge on any atom is 0.292 e. The number of allylic oxidation sites excluding steroid dienone is 2. The average Bonchev–Trinajstić information content (AvgIpc) is 3.08. The van der Waals surface area contributed by atoms with Crippen LogP contribution in [0.5, 0.6) is 0 Å². The molecule has 22 heavy (non-hydrogen) atoms. The number of nitrogens with zero attached hydrogens (tertiary/aromatic N) is 4. The molecule has 0 spiro atoms. The first kappa shape index (κ1) is 13.2. The van der Waals surface area contributed by atoms with Crippen LogP contribution in [0.25, 0.3) is 0 Å². The molecule has 0 saturated carbocycles. The predicted octanol–water partition coefficient (Wildman–Crippen LogP) is 0.762. The number of carbonyl (C=O) groups excluding carboxylic acids is 1. The van der Waals surface area contributed by atoms with Gasteiger partial charge in [0.15, 0.2) is 11.5 Å². The second-order valence-corrected chi connectivity index (χ2v) is 5.62. The van der Waals surface area contributed by atoms with Crippen molar-refractivity contribution in [2.24, 2.45) is 9.98 Å². The average molecular weight is 300 g/mol. The summed E-state index contributed by atoms with van der Waals surface area (Å²) in [7, 11) is 0. The van der Waals surface area contributed by atoms with Crippen molar-refractivity contribution in [2.75, 3.05) is 13.2 Å². The van der Waals surface area contributed by atoms with E-state index < -0.39 is 0 Å². The van der Waals surface area contributed by atoms with E-state index in [1.807, 2.05) is 11.6 Å². The predicted molar refractivity (Wildman–Crippen MR) is 81.1 cm³/mol. The number of Topliss-reactive ketones (excluding diaryl/α,β-unsaturated/α-hetero) is 1. The number of rotatable bonds is 1. The molecule has 1 aromatic heterocycles. The van der Waals surface area contributed by atoms with Gasteiger partial charge in [0.2, 0.25) is 0 Å². The minimum absolute atomic E-state index is 0.122. The molecule has 2 aliphatic heterocycles. The molecule has 7 heteroatoms. The quantitative estimate of drug-likeness (QED) is 0.768. The molecule has 1 aliphatic carbocycles. The van der Waals surface area contributed by atoms with Gasteiger partial charge in [-0.25, -0.2) is 9.67 Å². The lowest BCUT2D eigenvalue weighted by Gasteiger charge is -2.20. The van der Waals surface area contributed by atoms with Gasteiger partial charge >= 0.3 is 0 Å². The fourth-order valence-corrected chi connectivity index (χ4v) is 3.13. The van der Waals surface area contributed by atoms with Gasteiger partial charge in [-0.3, -0.25) is 19.3 Å². The third-order valence-electron chi connectivity index (χ3n) is 4.25. The Morgan fingerprint density at radius 2 is 2.09 bits per heavy atom. The van der Waals surface area contributed by atoms with Crippen LogP contribution in [0.4, 0.5) is 5.69 Å². The van der Waals surface area contributed by atoms with Gasteiger partial charge in [-0.05, 0) is 13.3 Å². The second kappa shape index (κ2) is 4.79. The van der Waals surface area contributed by atoms with Gasteiger partial charge in [0.25, 0.3) is 5.56 Å². The van der Waals surface area contributed by atoms with Crippen LogP contribution in [0.15, 0.2) is 26.6 Å². The minimum Gasteiger partial charge on any atom is -0.490 e. The van der Waals surface area contributed by atoms with Gasteiger partial charge in [-0.2, -0.15) is 0 Å². The normalized spacial score (nSPS) is 22.0. The molecule has 3 heterocycles. The molecule has 0 radical (unpaired) electrons. The number of aromatic nitrogens is 2. The van der Waals surface area contributed by atoms with Crippen LogP contribution in [0.3, 0.4) is 0 Å². The zero-order chi connectivity index (χ0) is 15.3. The molecule has 1 aromatic rings. The highest BCUT2D eigenvalue weighted by Gasteiger charge is 2.27. The van der Waals surface area contributed by atoms with E-state index in [2.05, 4.69) is 9.98 Å². The highest BCUT2D eigenvalue weighted by atomic mass is 16.5. The Balaban J connectivity index is 1.81. The molecule has 0 N–H and O–H groups in total. The fraction of sp³-hybridized carbons (Fsp3) is 0.467. The van der Waals surface area contributed by atoms with Gasteiger partial charge < -0.3 is 4.74 Å². The highest BCUT2D eigenvalue weighted by molar-refractivity contribution is 6.50. The van der Waals surface area contributed by atoms with Crippen molar-refractivity contribution >= 4 is 22.9 Å². The lowest BCUT2D eigenvalue weighted by atomic mass is 10.00. The van der Waals surface area contributed by atoms with Crippen molar-refractivity contribution in [2.45, 2.75) is 32.9 Å². The Labute approximate surface area is 126 Å². The molecule has 0 saturated heterocycles. The number of ether oxygens (including phenoxy) is 1. The molecule has 0 unspecified atom stereocenters. The number of fused-ring (bicyclic) bond motifs is 2. The van der Waals surface area contributed by atoms with Crippen LogP contribution in [-0.2, 0) is 22.6 Å². The fourth-order valence-electron chi connectivity index (χ4n) is 3.13. The zero-order valence-electron chi connectivity index (χ0n) is 12.3. The number of aliphatic imine (C=N–C) groups is 2. The molecule has 0 fully saturated rings. The van der Waals surface area contributed by atoms with Gasteiger partial charge in [0.1, 0.15) is 18.1 Å². The molecule has 0 atom stereocenters. The van der Waals surface area contributed by atoms with Crippen LogP contribution < -0.4 is 5.56 Å². The van der Waals surface area contributed by atoms with Gasteiger partial charge in [0.05, 0.1) is 24.4 Å². The van der Waals surface area contributed by atoms with E-state index >= 15 is 0 Å². The first-order chi connectivity index (χ1) is 10.6. The van der Waals surface area contributed by atoms with Crippen molar-refractivity contribution in [1.82, 2.24) is 9.36 Å². The first-order valence-electron chi connectivity index (χ1n) is 7.45. The van der Waals surface area contributed by atoms with Crippen molar-refractivity contribution in [1.29, 1.82) is 0 Å². The zero-order valence-corrected chi connectivity index (χ0v) is 12.3.